The van der Waals surface area contributed by atoms with E-state index >= 15 is 0 Å². The molecule has 0 saturated carbocycles. The predicted molar refractivity (Wildman–Crippen MR) is 89.6 cm³/mol. The largest absolute Gasteiger partial charge is 0.476 e. The molecule has 2 aromatic heterocycles. The molecule has 4 rings (SSSR count). The van der Waals surface area contributed by atoms with Gasteiger partial charge in [0, 0.05) is 51.2 Å². The van der Waals surface area contributed by atoms with Crippen LogP contribution in [0.15, 0.2) is 30.7 Å². The molecule has 0 unspecified atom stereocenters. The average Bonchev–Trinajstić information content (AvgIpc) is 3.16. The van der Waals surface area contributed by atoms with Crippen LogP contribution in [0.5, 0.6) is 5.88 Å². The number of aryl methyl sites for hydroxylation is 1. The zero-order valence-electron chi connectivity index (χ0n) is 14.4. The highest BCUT2D eigenvalue weighted by atomic mass is 19.1. The van der Waals surface area contributed by atoms with Gasteiger partial charge in [-0.25, -0.2) is 9.37 Å². The topological polar surface area (TPSA) is 52.4 Å². The van der Waals surface area contributed by atoms with Gasteiger partial charge in [0.1, 0.15) is 0 Å². The van der Waals surface area contributed by atoms with Crippen LogP contribution in [0, 0.1) is 11.7 Å². The van der Waals surface area contributed by atoms with Gasteiger partial charge in [-0.15, -0.1) is 0 Å². The first kappa shape index (κ1) is 16.5. The summed E-state index contributed by atoms with van der Waals surface area (Å²) in [7, 11) is 1.93. The molecule has 0 aliphatic carbocycles. The van der Waals surface area contributed by atoms with Gasteiger partial charge < -0.3 is 9.47 Å². The summed E-state index contributed by atoms with van der Waals surface area (Å²) < 4.78 is 27.0. The van der Waals surface area contributed by atoms with Crippen molar-refractivity contribution in [1.29, 1.82) is 0 Å². The zero-order valence-corrected chi connectivity index (χ0v) is 14.4. The van der Waals surface area contributed by atoms with Crippen LogP contribution in [0.4, 0.5) is 4.39 Å². The van der Waals surface area contributed by atoms with Crippen LogP contribution in [0.25, 0.3) is 0 Å². The molecule has 2 fully saturated rings. The van der Waals surface area contributed by atoms with E-state index in [-0.39, 0.29) is 11.5 Å². The first-order valence-electron chi connectivity index (χ1n) is 8.72. The van der Waals surface area contributed by atoms with E-state index in [9.17, 15) is 4.39 Å². The van der Waals surface area contributed by atoms with Crippen LogP contribution in [-0.2, 0) is 18.3 Å². The molecule has 2 aliphatic rings. The van der Waals surface area contributed by atoms with E-state index in [0.29, 0.717) is 12.5 Å². The highest BCUT2D eigenvalue weighted by molar-refractivity contribution is 5.13. The zero-order chi connectivity index (χ0) is 17.3. The lowest BCUT2D eigenvalue weighted by Gasteiger charge is -2.50. The molecule has 2 aromatic rings. The standard InChI is InChI=1S/C18H23FN4O2/c1-22-10-14(9-21-22)11-23-12-18(13-23)15(5-8-25-18)4-7-24-17-16(19)3-2-6-20-17/h2-3,6,9-10,15H,4-5,7-8,11-13H2,1H3/t15-/m1/s1. The first-order valence-corrected chi connectivity index (χ1v) is 8.72. The molecule has 0 N–H and O–H groups in total. The molecule has 1 spiro atoms. The van der Waals surface area contributed by atoms with Crippen molar-refractivity contribution in [1.82, 2.24) is 19.7 Å². The van der Waals surface area contributed by atoms with Crippen molar-refractivity contribution < 1.29 is 13.9 Å². The van der Waals surface area contributed by atoms with Crippen molar-refractivity contribution in [2.45, 2.75) is 25.0 Å². The molecular weight excluding hydrogens is 323 g/mol. The second-order valence-corrected chi connectivity index (χ2v) is 6.99. The summed E-state index contributed by atoms with van der Waals surface area (Å²) in [5.41, 5.74) is 1.16. The lowest BCUT2D eigenvalue weighted by atomic mass is 9.79. The van der Waals surface area contributed by atoms with Crippen LogP contribution in [0.2, 0.25) is 0 Å². The van der Waals surface area contributed by atoms with E-state index in [2.05, 4.69) is 15.0 Å². The summed E-state index contributed by atoms with van der Waals surface area (Å²) in [6, 6.07) is 2.93. The fourth-order valence-electron chi connectivity index (χ4n) is 3.95. The van der Waals surface area contributed by atoms with Crippen molar-refractivity contribution in [2.75, 3.05) is 26.3 Å². The molecule has 2 aliphatic heterocycles. The predicted octanol–water partition coefficient (Wildman–Crippen LogP) is 2.01. The molecule has 7 heteroatoms. The molecule has 0 bridgehead atoms. The summed E-state index contributed by atoms with van der Waals surface area (Å²) in [6.07, 6.45) is 7.40. The normalized spacial score (nSPS) is 22.2. The Morgan fingerprint density at radius 1 is 1.44 bits per heavy atom. The molecule has 4 heterocycles. The van der Waals surface area contributed by atoms with Crippen molar-refractivity contribution in [3.8, 4) is 5.88 Å². The highest BCUT2D eigenvalue weighted by Crippen LogP contribution is 2.42. The van der Waals surface area contributed by atoms with Gasteiger partial charge in [-0.1, -0.05) is 0 Å². The van der Waals surface area contributed by atoms with Gasteiger partial charge >= 0.3 is 0 Å². The molecule has 25 heavy (non-hydrogen) atoms. The van der Waals surface area contributed by atoms with Crippen molar-refractivity contribution in [3.63, 3.8) is 0 Å². The Balaban J connectivity index is 1.27. The number of hydrogen-bond acceptors (Lipinski definition) is 5. The molecule has 134 valence electrons. The Bertz CT molecular complexity index is 729. The second-order valence-electron chi connectivity index (χ2n) is 6.99. The van der Waals surface area contributed by atoms with Crippen LogP contribution >= 0.6 is 0 Å². The van der Waals surface area contributed by atoms with Crippen LogP contribution in [0.1, 0.15) is 18.4 Å². The van der Waals surface area contributed by atoms with E-state index < -0.39 is 5.82 Å². The number of hydrogen-bond donors (Lipinski definition) is 0. The van der Waals surface area contributed by atoms with Gasteiger partial charge in [0.2, 0.25) is 5.88 Å². The second kappa shape index (κ2) is 6.72. The number of likely N-dealkylation sites (tertiary alicyclic amines) is 1. The maximum Gasteiger partial charge on any atom is 0.250 e. The van der Waals surface area contributed by atoms with Gasteiger partial charge in [0.15, 0.2) is 5.82 Å². The lowest BCUT2D eigenvalue weighted by Crippen LogP contribution is -2.64. The quantitative estimate of drug-likeness (QED) is 0.801. The Labute approximate surface area is 146 Å². The van der Waals surface area contributed by atoms with Crippen molar-refractivity contribution >= 4 is 0 Å². The maximum atomic E-state index is 13.6. The number of halogens is 1. The minimum Gasteiger partial charge on any atom is -0.476 e. The fraction of sp³-hybridized carbons (Fsp3) is 0.556. The van der Waals surface area contributed by atoms with Gasteiger partial charge in [-0.3, -0.25) is 9.58 Å². The van der Waals surface area contributed by atoms with Crippen LogP contribution in [-0.4, -0.2) is 51.6 Å². The number of aromatic nitrogens is 3. The summed E-state index contributed by atoms with van der Waals surface area (Å²) >= 11 is 0. The first-order chi connectivity index (χ1) is 12.1. The molecule has 1 atom stereocenters. The van der Waals surface area contributed by atoms with E-state index in [4.69, 9.17) is 9.47 Å². The number of rotatable bonds is 6. The van der Waals surface area contributed by atoms with E-state index in [0.717, 1.165) is 39.1 Å². The lowest BCUT2D eigenvalue weighted by molar-refractivity contribution is -0.138. The Hall–Kier alpha value is -1.99. The minimum atomic E-state index is -0.411. The summed E-state index contributed by atoms with van der Waals surface area (Å²) in [6.45, 7) is 4.03. The maximum absolute atomic E-state index is 13.6. The number of ether oxygens (including phenoxy) is 2. The fourth-order valence-corrected chi connectivity index (χ4v) is 3.95. The Kier molecular flexibility index (Phi) is 4.43. The third-order valence-corrected chi connectivity index (χ3v) is 5.18. The minimum absolute atomic E-state index is 0.0613. The van der Waals surface area contributed by atoms with Crippen molar-refractivity contribution in [3.05, 3.63) is 42.1 Å². The number of nitrogens with zero attached hydrogens (tertiary/aromatic N) is 4. The Morgan fingerprint density at radius 2 is 2.32 bits per heavy atom. The van der Waals surface area contributed by atoms with Gasteiger partial charge in [-0.05, 0) is 30.9 Å². The van der Waals surface area contributed by atoms with Crippen molar-refractivity contribution in [2.24, 2.45) is 13.0 Å². The SMILES string of the molecule is Cn1cc(CN2CC3(C2)OCC[C@H]3CCOc2ncccc2F)cn1. The molecule has 0 aromatic carbocycles. The number of pyridine rings is 1. The third-order valence-electron chi connectivity index (χ3n) is 5.18. The summed E-state index contributed by atoms with van der Waals surface area (Å²) in [4.78, 5) is 6.31. The molecule has 0 radical (unpaired) electrons. The van der Waals surface area contributed by atoms with Gasteiger partial charge in [-0.2, -0.15) is 5.10 Å². The molecule has 6 nitrogen and oxygen atoms in total. The van der Waals surface area contributed by atoms with E-state index in [1.165, 1.54) is 11.6 Å². The van der Waals surface area contributed by atoms with Gasteiger partial charge in [0.25, 0.3) is 0 Å². The third kappa shape index (κ3) is 3.39. The summed E-state index contributed by atoms with van der Waals surface area (Å²) in [5, 5.41) is 4.21. The molecular formula is C18H23FN4O2. The molecule has 2 saturated heterocycles. The highest BCUT2D eigenvalue weighted by Gasteiger charge is 2.52. The van der Waals surface area contributed by atoms with Crippen LogP contribution in [0.3, 0.4) is 0 Å². The monoisotopic (exact) mass is 346 g/mol. The van der Waals surface area contributed by atoms with Crippen LogP contribution < -0.4 is 4.74 Å². The smallest absolute Gasteiger partial charge is 0.250 e. The van der Waals surface area contributed by atoms with Gasteiger partial charge in [0.05, 0.1) is 18.4 Å². The Morgan fingerprint density at radius 3 is 3.08 bits per heavy atom. The molecule has 0 amide bonds. The van der Waals surface area contributed by atoms with E-state index in [1.807, 2.05) is 24.1 Å². The summed E-state index contributed by atoms with van der Waals surface area (Å²) in [5.74, 6) is 0.123. The average molecular weight is 346 g/mol. The van der Waals surface area contributed by atoms with E-state index in [1.54, 1.807) is 12.3 Å².